The highest BCUT2D eigenvalue weighted by Gasteiger charge is 2.17. The van der Waals surface area contributed by atoms with Gasteiger partial charge in [-0.15, -0.1) is 11.3 Å². The first-order valence-corrected chi connectivity index (χ1v) is 9.34. The van der Waals surface area contributed by atoms with Gasteiger partial charge in [0.1, 0.15) is 16.9 Å². The first-order valence-electron chi connectivity index (χ1n) is 8.46. The lowest BCUT2D eigenvalue weighted by atomic mass is 10.1. The number of carbonyl (C=O) groups is 1. The fourth-order valence-electron chi connectivity index (χ4n) is 2.67. The molecule has 1 aromatic heterocycles. The molecule has 0 saturated carbocycles. The third-order valence-corrected chi connectivity index (χ3v) is 5.32. The number of rotatable bonds is 6. The van der Waals surface area contributed by atoms with Gasteiger partial charge in [0.2, 0.25) is 0 Å². The molecule has 8 heteroatoms. The average molecular weight is 379 g/mol. The van der Waals surface area contributed by atoms with E-state index in [1.165, 1.54) is 17.4 Å². The van der Waals surface area contributed by atoms with E-state index in [0.717, 1.165) is 10.7 Å². The third-order valence-electron chi connectivity index (χ3n) is 4.26. The SMILES string of the molecule is COC(C)c1nc(CNC(=O)c2ccc(N3CCOCC3)c(F)c2)cs1. The molecule has 26 heavy (non-hydrogen) atoms. The van der Waals surface area contributed by atoms with Crippen LogP contribution in [-0.2, 0) is 16.0 Å². The molecule has 0 bridgehead atoms. The number of carbonyl (C=O) groups excluding carboxylic acids is 1. The molecule has 140 valence electrons. The lowest BCUT2D eigenvalue weighted by Crippen LogP contribution is -2.36. The summed E-state index contributed by atoms with van der Waals surface area (Å²) in [5.74, 6) is -0.726. The van der Waals surface area contributed by atoms with Crippen molar-refractivity contribution in [3.8, 4) is 0 Å². The third kappa shape index (κ3) is 4.38. The van der Waals surface area contributed by atoms with E-state index >= 15 is 0 Å². The Morgan fingerprint density at radius 1 is 1.46 bits per heavy atom. The lowest BCUT2D eigenvalue weighted by molar-refractivity contribution is 0.0949. The quantitative estimate of drug-likeness (QED) is 0.836. The molecule has 6 nitrogen and oxygen atoms in total. The van der Waals surface area contributed by atoms with Gasteiger partial charge in [-0.2, -0.15) is 0 Å². The Kier molecular flexibility index (Phi) is 6.18. The maximum atomic E-state index is 14.4. The maximum absolute atomic E-state index is 14.4. The molecule has 1 amide bonds. The van der Waals surface area contributed by atoms with Gasteiger partial charge in [-0.3, -0.25) is 4.79 Å². The fourth-order valence-corrected chi connectivity index (χ4v) is 3.52. The minimum atomic E-state index is -0.399. The van der Waals surface area contributed by atoms with Crippen LogP contribution in [0.1, 0.15) is 34.1 Å². The number of nitrogens with one attached hydrogen (secondary N) is 1. The molecule has 1 aliphatic rings. The van der Waals surface area contributed by atoms with Crippen molar-refractivity contribution < 1.29 is 18.7 Å². The molecule has 2 aromatic rings. The first-order chi connectivity index (χ1) is 12.6. The molecule has 0 radical (unpaired) electrons. The number of amides is 1. The van der Waals surface area contributed by atoms with E-state index in [-0.39, 0.29) is 12.0 Å². The van der Waals surface area contributed by atoms with Gasteiger partial charge in [-0.1, -0.05) is 0 Å². The molecule has 0 spiro atoms. The number of anilines is 1. The van der Waals surface area contributed by atoms with E-state index in [0.29, 0.717) is 44.1 Å². The summed E-state index contributed by atoms with van der Waals surface area (Å²) in [6.45, 7) is 4.67. The Balaban J connectivity index is 1.61. The van der Waals surface area contributed by atoms with Crippen LogP contribution in [0.4, 0.5) is 10.1 Å². The van der Waals surface area contributed by atoms with Crippen molar-refractivity contribution in [2.24, 2.45) is 0 Å². The van der Waals surface area contributed by atoms with E-state index in [9.17, 15) is 9.18 Å². The topological polar surface area (TPSA) is 63.7 Å². The van der Waals surface area contributed by atoms with E-state index in [1.54, 1.807) is 19.2 Å². The minimum Gasteiger partial charge on any atom is -0.378 e. The van der Waals surface area contributed by atoms with Gasteiger partial charge in [0.05, 0.1) is 31.1 Å². The number of benzene rings is 1. The Morgan fingerprint density at radius 3 is 2.92 bits per heavy atom. The second-order valence-corrected chi connectivity index (χ2v) is 6.89. The maximum Gasteiger partial charge on any atom is 0.251 e. The van der Waals surface area contributed by atoms with Crippen molar-refractivity contribution in [2.45, 2.75) is 19.6 Å². The standard InChI is InChI=1S/C18H22FN3O3S/c1-12(24-2)18-21-14(11-26-18)10-20-17(23)13-3-4-16(15(19)9-13)22-5-7-25-8-6-22/h3-4,9,11-12H,5-8,10H2,1-2H3,(H,20,23). The van der Waals surface area contributed by atoms with Gasteiger partial charge in [-0.05, 0) is 25.1 Å². The Morgan fingerprint density at radius 2 is 2.23 bits per heavy atom. The summed E-state index contributed by atoms with van der Waals surface area (Å²) < 4.78 is 24.9. The van der Waals surface area contributed by atoms with Gasteiger partial charge < -0.3 is 19.7 Å². The lowest BCUT2D eigenvalue weighted by Gasteiger charge is -2.29. The number of thiazole rings is 1. The van der Waals surface area contributed by atoms with Crippen LogP contribution in [0.2, 0.25) is 0 Å². The highest BCUT2D eigenvalue weighted by molar-refractivity contribution is 7.09. The summed E-state index contributed by atoms with van der Waals surface area (Å²) in [6, 6.07) is 4.57. The van der Waals surface area contributed by atoms with Crippen LogP contribution in [0.5, 0.6) is 0 Å². The molecule has 3 rings (SSSR count). The molecule has 2 heterocycles. The van der Waals surface area contributed by atoms with Crippen molar-refractivity contribution in [1.29, 1.82) is 0 Å². The largest absolute Gasteiger partial charge is 0.378 e. The van der Waals surface area contributed by atoms with Gasteiger partial charge in [0.15, 0.2) is 0 Å². The number of ether oxygens (including phenoxy) is 2. The van der Waals surface area contributed by atoms with Crippen molar-refractivity contribution in [3.05, 3.63) is 45.7 Å². The van der Waals surface area contributed by atoms with Gasteiger partial charge in [0, 0.05) is 31.1 Å². The molecule has 1 aliphatic heterocycles. The predicted molar refractivity (Wildman–Crippen MR) is 98.1 cm³/mol. The van der Waals surface area contributed by atoms with Crippen molar-refractivity contribution in [1.82, 2.24) is 10.3 Å². The number of hydrogen-bond acceptors (Lipinski definition) is 6. The summed E-state index contributed by atoms with van der Waals surface area (Å²) in [6.07, 6.45) is -0.0775. The monoisotopic (exact) mass is 379 g/mol. The Labute approximate surface area is 155 Å². The van der Waals surface area contributed by atoms with Crippen molar-refractivity contribution >= 4 is 22.9 Å². The molecular weight excluding hydrogens is 357 g/mol. The Hall–Kier alpha value is -2.03. The number of hydrogen-bond donors (Lipinski definition) is 1. The molecule has 1 aromatic carbocycles. The zero-order chi connectivity index (χ0) is 18.5. The molecule has 1 N–H and O–H groups in total. The zero-order valence-corrected chi connectivity index (χ0v) is 15.6. The highest BCUT2D eigenvalue weighted by atomic mass is 32.1. The minimum absolute atomic E-state index is 0.0775. The van der Waals surface area contributed by atoms with Crippen LogP contribution >= 0.6 is 11.3 Å². The van der Waals surface area contributed by atoms with Crippen LogP contribution in [0.25, 0.3) is 0 Å². The first kappa shape index (κ1) is 18.8. The number of morpholine rings is 1. The molecule has 0 aliphatic carbocycles. The van der Waals surface area contributed by atoms with E-state index in [2.05, 4.69) is 10.3 Å². The molecule has 1 saturated heterocycles. The van der Waals surface area contributed by atoms with Crippen LogP contribution in [-0.4, -0.2) is 44.3 Å². The molecular formula is C18H22FN3O3S. The van der Waals surface area contributed by atoms with Crippen LogP contribution in [0.3, 0.4) is 0 Å². The smallest absolute Gasteiger partial charge is 0.251 e. The summed E-state index contributed by atoms with van der Waals surface area (Å²) in [4.78, 5) is 18.6. The molecule has 1 unspecified atom stereocenters. The van der Waals surface area contributed by atoms with Gasteiger partial charge >= 0.3 is 0 Å². The van der Waals surface area contributed by atoms with E-state index in [1.807, 2.05) is 17.2 Å². The molecule has 1 fully saturated rings. The average Bonchev–Trinajstić information content (AvgIpc) is 3.15. The highest BCUT2D eigenvalue weighted by Crippen LogP contribution is 2.22. The van der Waals surface area contributed by atoms with Crippen molar-refractivity contribution in [2.75, 3.05) is 38.3 Å². The van der Waals surface area contributed by atoms with E-state index < -0.39 is 5.82 Å². The number of halogens is 1. The summed E-state index contributed by atoms with van der Waals surface area (Å²) in [5.41, 5.74) is 1.55. The Bertz CT molecular complexity index is 762. The second kappa shape index (κ2) is 8.57. The number of nitrogens with zero attached hydrogens (tertiary/aromatic N) is 2. The van der Waals surface area contributed by atoms with Crippen LogP contribution in [0.15, 0.2) is 23.6 Å². The van der Waals surface area contributed by atoms with Gasteiger partial charge in [-0.25, -0.2) is 9.37 Å². The summed E-state index contributed by atoms with van der Waals surface area (Å²) in [7, 11) is 1.63. The molecule has 1 atom stereocenters. The number of methoxy groups -OCH3 is 1. The second-order valence-electron chi connectivity index (χ2n) is 6.00. The summed E-state index contributed by atoms with van der Waals surface area (Å²) in [5, 5.41) is 5.52. The predicted octanol–water partition coefficient (Wildman–Crippen LogP) is 2.76. The van der Waals surface area contributed by atoms with Crippen LogP contribution < -0.4 is 10.2 Å². The summed E-state index contributed by atoms with van der Waals surface area (Å²) >= 11 is 1.49. The fraction of sp³-hybridized carbons (Fsp3) is 0.444. The normalized spacial score (nSPS) is 15.7. The number of aromatic nitrogens is 1. The van der Waals surface area contributed by atoms with Gasteiger partial charge in [0.25, 0.3) is 5.91 Å². The van der Waals surface area contributed by atoms with Crippen LogP contribution in [0, 0.1) is 5.82 Å². The van der Waals surface area contributed by atoms with E-state index in [4.69, 9.17) is 9.47 Å². The zero-order valence-electron chi connectivity index (χ0n) is 14.8. The van der Waals surface area contributed by atoms with Crippen molar-refractivity contribution in [3.63, 3.8) is 0 Å².